The van der Waals surface area contributed by atoms with E-state index in [-0.39, 0.29) is 5.54 Å². The summed E-state index contributed by atoms with van der Waals surface area (Å²) in [4.78, 5) is 4.22. The summed E-state index contributed by atoms with van der Waals surface area (Å²) in [6.07, 6.45) is 5.46. The second kappa shape index (κ2) is 4.75. The Kier molecular flexibility index (Phi) is 3.33. The van der Waals surface area contributed by atoms with E-state index in [4.69, 9.17) is 10.5 Å². The molecular formula is C13H19N3O. The highest BCUT2D eigenvalue weighted by molar-refractivity contribution is 5.41. The fourth-order valence-corrected chi connectivity index (χ4v) is 1.71. The molecule has 2 rings (SSSR count). The van der Waals surface area contributed by atoms with Crippen LogP contribution in [0.25, 0.3) is 5.65 Å². The summed E-state index contributed by atoms with van der Waals surface area (Å²) in [5.41, 5.74) is 6.85. The van der Waals surface area contributed by atoms with Gasteiger partial charge >= 0.3 is 0 Å². The lowest BCUT2D eigenvalue weighted by atomic mass is 9.96. The topological polar surface area (TPSA) is 52.5 Å². The van der Waals surface area contributed by atoms with Crippen molar-refractivity contribution in [2.75, 3.05) is 6.61 Å². The first-order chi connectivity index (χ1) is 8.18. The molecule has 2 aromatic heterocycles. The Hall–Kier alpha value is -1.55. The predicted molar refractivity (Wildman–Crippen MR) is 68.2 cm³/mol. The largest absolute Gasteiger partial charge is 0.477 e. The minimum Gasteiger partial charge on any atom is -0.477 e. The summed E-state index contributed by atoms with van der Waals surface area (Å²) in [6.45, 7) is 4.70. The summed E-state index contributed by atoms with van der Waals surface area (Å²) in [6, 6.07) is 5.82. The molecular weight excluding hydrogens is 214 g/mol. The van der Waals surface area contributed by atoms with Crippen LogP contribution in [0.1, 0.15) is 26.7 Å². The van der Waals surface area contributed by atoms with Crippen LogP contribution < -0.4 is 10.5 Å². The summed E-state index contributed by atoms with van der Waals surface area (Å²) in [7, 11) is 0. The Balaban J connectivity index is 2.16. The Morgan fingerprint density at radius 2 is 2.12 bits per heavy atom. The van der Waals surface area contributed by atoms with Crippen LogP contribution in [0.15, 0.2) is 30.6 Å². The van der Waals surface area contributed by atoms with Crippen LogP contribution in [0.2, 0.25) is 0 Å². The molecule has 0 bridgehead atoms. The molecule has 0 unspecified atom stereocenters. The van der Waals surface area contributed by atoms with Crippen LogP contribution in [0.4, 0.5) is 0 Å². The lowest BCUT2D eigenvalue weighted by Crippen LogP contribution is -2.44. The molecule has 0 aliphatic carbocycles. The quantitative estimate of drug-likeness (QED) is 0.861. The minimum atomic E-state index is -0.247. The standard InChI is InChI=1S/C13H19N3O/c1-3-13(14,4-2)10-17-12-7-5-6-11-15-8-9-16(11)12/h5-9H,3-4,10,14H2,1-2H3. The number of hydrogen-bond acceptors (Lipinski definition) is 3. The molecule has 0 aliphatic rings. The second-order valence-electron chi connectivity index (χ2n) is 4.38. The molecule has 4 nitrogen and oxygen atoms in total. The van der Waals surface area contributed by atoms with Crippen molar-refractivity contribution in [2.24, 2.45) is 5.73 Å². The van der Waals surface area contributed by atoms with E-state index in [1.54, 1.807) is 6.20 Å². The first-order valence-corrected chi connectivity index (χ1v) is 6.02. The van der Waals surface area contributed by atoms with Crippen LogP contribution in [-0.2, 0) is 0 Å². The van der Waals surface area contributed by atoms with E-state index < -0.39 is 0 Å². The first-order valence-electron chi connectivity index (χ1n) is 6.02. The van der Waals surface area contributed by atoms with Gasteiger partial charge in [0, 0.05) is 17.9 Å². The molecule has 2 aromatic rings. The van der Waals surface area contributed by atoms with Gasteiger partial charge in [-0.2, -0.15) is 0 Å². The van der Waals surface area contributed by atoms with Crippen molar-refractivity contribution in [3.63, 3.8) is 0 Å². The maximum absolute atomic E-state index is 6.21. The van der Waals surface area contributed by atoms with E-state index in [2.05, 4.69) is 18.8 Å². The second-order valence-corrected chi connectivity index (χ2v) is 4.38. The van der Waals surface area contributed by atoms with Crippen molar-refractivity contribution in [3.8, 4) is 5.88 Å². The average Bonchev–Trinajstić information content (AvgIpc) is 2.84. The monoisotopic (exact) mass is 233 g/mol. The highest BCUT2D eigenvalue weighted by Crippen LogP contribution is 2.17. The van der Waals surface area contributed by atoms with Gasteiger partial charge < -0.3 is 10.5 Å². The number of nitrogens with zero attached hydrogens (tertiary/aromatic N) is 2. The highest BCUT2D eigenvalue weighted by atomic mass is 16.5. The molecule has 0 radical (unpaired) electrons. The molecule has 0 atom stereocenters. The molecule has 0 fully saturated rings. The van der Waals surface area contributed by atoms with E-state index in [9.17, 15) is 0 Å². The number of ether oxygens (including phenoxy) is 1. The molecule has 0 saturated carbocycles. The van der Waals surface area contributed by atoms with Gasteiger partial charge in [0.05, 0.1) is 0 Å². The molecule has 0 amide bonds. The third-order valence-electron chi connectivity index (χ3n) is 3.31. The zero-order valence-electron chi connectivity index (χ0n) is 10.4. The van der Waals surface area contributed by atoms with Gasteiger partial charge in [-0.05, 0) is 25.0 Å². The number of fused-ring (bicyclic) bond motifs is 1. The van der Waals surface area contributed by atoms with Crippen LogP contribution in [0.5, 0.6) is 5.88 Å². The van der Waals surface area contributed by atoms with Crippen LogP contribution in [0.3, 0.4) is 0 Å². The number of rotatable bonds is 5. The smallest absolute Gasteiger partial charge is 0.199 e. The molecule has 4 heteroatoms. The van der Waals surface area contributed by atoms with Gasteiger partial charge in [0.15, 0.2) is 5.88 Å². The molecule has 92 valence electrons. The van der Waals surface area contributed by atoms with Gasteiger partial charge in [-0.25, -0.2) is 4.98 Å². The van der Waals surface area contributed by atoms with Crippen molar-refractivity contribution in [2.45, 2.75) is 32.2 Å². The normalized spacial score (nSPS) is 11.9. The van der Waals surface area contributed by atoms with E-state index >= 15 is 0 Å². The summed E-state index contributed by atoms with van der Waals surface area (Å²) in [5.74, 6) is 0.789. The van der Waals surface area contributed by atoms with Crippen molar-refractivity contribution >= 4 is 5.65 Å². The highest BCUT2D eigenvalue weighted by Gasteiger charge is 2.21. The Morgan fingerprint density at radius 3 is 2.82 bits per heavy atom. The van der Waals surface area contributed by atoms with Gasteiger partial charge in [-0.3, -0.25) is 4.40 Å². The van der Waals surface area contributed by atoms with Crippen LogP contribution in [-0.4, -0.2) is 21.5 Å². The van der Waals surface area contributed by atoms with Gasteiger partial charge in [0.1, 0.15) is 12.3 Å². The van der Waals surface area contributed by atoms with Gasteiger partial charge in [-0.1, -0.05) is 19.9 Å². The molecule has 0 spiro atoms. The van der Waals surface area contributed by atoms with E-state index in [1.807, 2.05) is 28.8 Å². The van der Waals surface area contributed by atoms with Crippen LogP contribution in [0, 0.1) is 0 Å². The fraction of sp³-hybridized carbons (Fsp3) is 0.462. The van der Waals surface area contributed by atoms with Crippen molar-refractivity contribution < 1.29 is 4.74 Å². The SMILES string of the molecule is CCC(N)(CC)COc1cccc2nccn12. The van der Waals surface area contributed by atoms with E-state index in [0.717, 1.165) is 24.4 Å². The summed E-state index contributed by atoms with van der Waals surface area (Å²) in [5, 5.41) is 0. The third kappa shape index (κ3) is 2.42. The number of pyridine rings is 1. The Bertz CT molecular complexity index is 488. The zero-order chi connectivity index (χ0) is 12.3. The molecule has 17 heavy (non-hydrogen) atoms. The molecule has 0 saturated heterocycles. The number of imidazole rings is 1. The van der Waals surface area contributed by atoms with Crippen LogP contribution >= 0.6 is 0 Å². The lowest BCUT2D eigenvalue weighted by Gasteiger charge is -2.26. The minimum absolute atomic E-state index is 0.247. The third-order valence-corrected chi connectivity index (χ3v) is 3.31. The van der Waals surface area contributed by atoms with Gasteiger partial charge in [0.2, 0.25) is 0 Å². The zero-order valence-corrected chi connectivity index (χ0v) is 10.4. The Labute approximate surface area is 101 Å². The number of hydrogen-bond donors (Lipinski definition) is 1. The lowest BCUT2D eigenvalue weighted by molar-refractivity contribution is 0.199. The molecule has 0 aliphatic heterocycles. The molecule has 0 aromatic carbocycles. The van der Waals surface area contributed by atoms with E-state index in [0.29, 0.717) is 6.61 Å². The van der Waals surface area contributed by atoms with Gasteiger partial charge in [0.25, 0.3) is 0 Å². The first kappa shape index (κ1) is 11.9. The van der Waals surface area contributed by atoms with Crippen molar-refractivity contribution in [1.82, 2.24) is 9.38 Å². The molecule has 2 heterocycles. The number of nitrogens with two attached hydrogens (primary N) is 1. The maximum atomic E-state index is 6.21. The fourth-order valence-electron chi connectivity index (χ4n) is 1.71. The summed E-state index contributed by atoms with van der Waals surface area (Å²) >= 11 is 0. The number of aromatic nitrogens is 2. The van der Waals surface area contributed by atoms with E-state index in [1.165, 1.54) is 0 Å². The maximum Gasteiger partial charge on any atom is 0.199 e. The Morgan fingerprint density at radius 1 is 1.35 bits per heavy atom. The van der Waals surface area contributed by atoms with Crippen molar-refractivity contribution in [3.05, 3.63) is 30.6 Å². The van der Waals surface area contributed by atoms with Crippen molar-refractivity contribution in [1.29, 1.82) is 0 Å². The van der Waals surface area contributed by atoms with Gasteiger partial charge in [-0.15, -0.1) is 0 Å². The summed E-state index contributed by atoms with van der Waals surface area (Å²) < 4.78 is 7.74. The average molecular weight is 233 g/mol. The molecule has 2 N–H and O–H groups in total. The predicted octanol–water partition coefficient (Wildman–Crippen LogP) is 2.23.